The second-order valence-corrected chi connectivity index (χ2v) is 6.62. The maximum atomic E-state index is 6.72. The lowest BCUT2D eigenvalue weighted by atomic mass is 9.78. The van der Waals surface area contributed by atoms with Gasteiger partial charge in [-0.25, -0.2) is 0 Å². The summed E-state index contributed by atoms with van der Waals surface area (Å²) in [4.78, 5) is 4.51. The summed E-state index contributed by atoms with van der Waals surface area (Å²) in [5.41, 5.74) is 6.44. The highest BCUT2D eigenvalue weighted by Crippen LogP contribution is 2.44. The van der Waals surface area contributed by atoms with Crippen molar-refractivity contribution in [3.8, 4) is 5.75 Å². The lowest BCUT2D eigenvalue weighted by Crippen LogP contribution is -2.51. The van der Waals surface area contributed by atoms with E-state index in [1.54, 1.807) is 0 Å². The lowest BCUT2D eigenvalue weighted by molar-refractivity contribution is 0.0529. The van der Waals surface area contributed by atoms with E-state index in [2.05, 4.69) is 10.1 Å². The Morgan fingerprint density at radius 2 is 1.95 bits per heavy atom. The smallest absolute Gasteiger partial charge is 0.229 e. The zero-order valence-electron chi connectivity index (χ0n) is 12.9. The third-order valence-corrected chi connectivity index (χ3v) is 3.79. The monoisotopic (exact) mass is 287 g/mol. The summed E-state index contributed by atoms with van der Waals surface area (Å²) in [6.45, 7) is 8.08. The molecule has 2 N–H and O–H groups in total. The van der Waals surface area contributed by atoms with Crippen molar-refractivity contribution in [3.63, 3.8) is 0 Å². The predicted molar refractivity (Wildman–Crippen MR) is 79.1 cm³/mol. The number of nitrogens with two attached hydrogens (primary N) is 1. The van der Waals surface area contributed by atoms with Crippen LogP contribution in [0.25, 0.3) is 0 Å². The third-order valence-electron chi connectivity index (χ3n) is 3.79. The van der Waals surface area contributed by atoms with Crippen LogP contribution in [0.15, 0.2) is 28.8 Å². The average Bonchev–Trinajstić information content (AvgIpc) is 2.87. The molecule has 1 aliphatic rings. The van der Waals surface area contributed by atoms with Crippen LogP contribution in [0.5, 0.6) is 5.75 Å². The van der Waals surface area contributed by atoms with Crippen LogP contribution in [0.2, 0.25) is 0 Å². The van der Waals surface area contributed by atoms with Gasteiger partial charge in [0.25, 0.3) is 0 Å². The van der Waals surface area contributed by atoms with Crippen molar-refractivity contribution in [1.82, 2.24) is 10.1 Å². The van der Waals surface area contributed by atoms with Gasteiger partial charge in [-0.05, 0) is 19.9 Å². The summed E-state index contributed by atoms with van der Waals surface area (Å²) in [5.74, 6) is 2.09. The summed E-state index contributed by atoms with van der Waals surface area (Å²) >= 11 is 0. The molecule has 0 amide bonds. The summed E-state index contributed by atoms with van der Waals surface area (Å²) in [6.07, 6.45) is 0.591. The first-order valence-electron chi connectivity index (χ1n) is 7.23. The number of benzene rings is 1. The average molecular weight is 287 g/mol. The van der Waals surface area contributed by atoms with Gasteiger partial charge in [0.1, 0.15) is 16.9 Å². The van der Waals surface area contributed by atoms with E-state index in [9.17, 15) is 0 Å². The van der Waals surface area contributed by atoms with Gasteiger partial charge in [0.05, 0.1) is 0 Å². The number of ether oxygens (including phenoxy) is 1. The Bertz CT molecular complexity index is 663. The molecule has 0 saturated carbocycles. The van der Waals surface area contributed by atoms with Crippen LogP contribution < -0.4 is 10.5 Å². The first kappa shape index (κ1) is 14.1. The molecule has 0 bridgehead atoms. The fourth-order valence-corrected chi connectivity index (χ4v) is 2.88. The van der Waals surface area contributed by atoms with Gasteiger partial charge >= 0.3 is 0 Å². The van der Waals surface area contributed by atoms with E-state index in [-0.39, 0.29) is 11.5 Å². The second-order valence-electron chi connectivity index (χ2n) is 6.62. The van der Waals surface area contributed by atoms with E-state index in [1.807, 2.05) is 52.0 Å². The highest BCUT2D eigenvalue weighted by Gasteiger charge is 2.46. The first-order valence-corrected chi connectivity index (χ1v) is 7.23. The number of hydrogen-bond donors (Lipinski definition) is 1. The van der Waals surface area contributed by atoms with E-state index in [1.165, 1.54) is 0 Å². The van der Waals surface area contributed by atoms with Crippen LogP contribution in [0.4, 0.5) is 0 Å². The van der Waals surface area contributed by atoms with Gasteiger partial charge < -0.3 is 15.0 Å². The lowest BCUT2D eigenvalue weighted by Gasteiger charge is -2.42. The van der Waals surface area contributed by atoms with E-state index in [0.717, 1.165) is 11.3 Å². The molecule has 1 aromatic heterocycles. The Kier molecular flexibility index (Phi) is 3.06. The summed E-state index contributed by atoms with van der Waals surface area (Å²) in [6, 6.07) is 7.79. The van der Waals surface area contributed by atoms with Gasteiger partial charge in [-0.2, -0.15) is 4.98 Å². The van der Waals surface area contributed by atoms with Crippen LogP contribution in [0.1, 0.15) is 57.3 Å². The minimum atomic E-state index is -0.797. The molecular formula is C16H21N3O2. The van der Waals surface area contributed by atoms with Gasteiger partial charge in [-0.1, -0.05) is 37.2 Å². The first-order chi connectivity index (χ1) is 9.82. The van der Waals surface area contributed by atoms with Gasteiger partial charge in [0.15, 0.2) is 5.82 Å². The minimum Gasteiger partial charge on any atom is -0.487 e. The second kappa shape index (κ2) is 4.56. The number of aromatic nitrogens is 2. The quantitative estimate of drug-likeness (QED) is 0.919. The number of fused-ring (bicyclic) bond motifs is 1. The third kappa shape index (κ3) is 2.31. The van der Waals surface area contributed by atoms with Crippen LogP contribution in [-0.4, -0.2) is 15.7 Å². The normalized spacial score (nSPS) is 23.7. The largest absolute Gasteiger partial charge is 0.487 e. The molecule has 21 heavy (non-hydrogen) atoms. The molecule has 1 atom stereocenters. The Balaban J connectivity index is 2.14. The maximum Gasteiger partial charge on any atom is 0.229 e. The molecule has 1 unspecified atom stereocenters. The SMILES string of the molecule is CC(C)c1nc(C2(N)CC(C)(C)Oc3ccccc32)no1. The van der Waals surface area contributed by atoms with Gasteiger partial charge in [-0.15, -0.1) is 0 Å². The minimum absolute atomic E-state index is 0.179. The van der Waals surface area contributed by atoms with Crippen LogP contribution in [0.3, 0.4) is 0 Å². The van der Waals surface area contributed by atoms with Gasteiger partial charge in [0, 0.05) is 17.9 Å². The molecule has 0 fully saturated rings. The van der Waals surface area contributed by atoms with Gasteiger partial charge in [-0.3, -0.25) is 0 Å². The number of hydrogen-bond acceptors (Lipinski definition) is 5. The Morgan fingerprint density at radius 1 is 1.24 bits per heavy atom. The Hall–Kier alpha value is -1.88. The van der Waals surface area contributed by atoms with Crippen molar-refractivity contribution >= 4 is 0 Å². The molecule has 0 radical (unpaired) electrons. The van der Waals surface area contributed by atoms with E-state index < -0.39 is 5.54 Å². The molecule has 3 rings (SSSR count). The van der Waals surface area contributed by atoms with Crippen molar-refractivity contribution in [1.29, 1.82) is 0 Å². The van der Waals surface area contributed by atoms with E-state index in [0.29, 0.717) is 18.1 Å². The molecule has 1 aromatic carbocycles. The Morgan fingerprint density at radius 3 is 2.62 bits per heavy atom. The molecule has 5 heteroatoms. The zero-order chi connectivity index (χ0) is 15.3. The van der Waals surface area contributed by atoms with Crippen molar-refractivity contribution < 1.29 is 9.26 Å². The van der Waals surface area contributed by atoms with Crippen molar-refractivity contribution in [2.45, 2.75) is 51.2 Å². The van der Waals surface area contributed by atoms with Crippen molar-refractivity contribution in [2.75, 3.05) is 0 Å². The number of nitrogens with zero attached hydrogens (tertiary/aromatic N) is 2. The highest BCUT2D eigenvalue weighted by atomic mass is 16.5. The molecule has 1 aliphatic heterocycles. The summed E-state index contributed by atoms with van der Waals surface area (Å²) in [5, 5.41) is 4.13. The number of para-hydroxylation sites is 1. The van der Waals surface area contributed by atoms with Crippen molar-refractivity contribution in [3.05, 3.63) is 41.5 Å². The topological polar surface area (TPSA) is 74.2 Å². The molecule has 2 heterocycles. The standard InChI is InChI=1S/C16H21N3O2/c1-10(2)13-18-14(19-21-13)16(17)9-15(3,4)20-12-8-6-5-7-11(12)16/h5-8,10H,9,17H2,1-4H3. The fourth-order valence-electron chi connectivity index (χ4n) is 2.88. The summed E-state index contributed by atoms with van der Waals surface area (Å²) in [7, 11) is 0. The molecule has 5 nitrogen and oxygen atoms in total. The van der Waals surface area contributed by atoms with Crippen molar-refractivity contribution in [2.24, 2.45) is 5.73 Å². The van der Waals surface area contributed by atoms with E-state index in [4.69, 9.17) is 15.0 Å². The fraction of sp³-hybridized carbons (Fsp3) is 0.500. The van der Waals surface area contributed by atoms with Crippen LogP contribution in [-0.2, 0) is 5.54 Å². The molecule has 0 spiro atoms. The van der Waals surface area contributed by atoms with E-state index >= 15 is 0 Å². The summed E-state index contributed by atoms with van der Waals surface area (Å²) < 4.78 is 11.4. The highest BCUT2D eigenvalue weighted by molar-refractivity contribution is 5.45. The molecule has 0 aliphatic carbocycles. The zero-order valence-corrected chi connectivity index (χ0v) is 12.9. The molecular weight excluding hydrogens is 266 g/mol. The van der Waals surface area contributed by atoms with Gasteiger partial charge in [0.2, 0.25) is 5.89 Å². The van der Waals surface area contributed by atoms with Crippen LogP contribution in [0, 0.1) is 0 Å². The van der Waals surface area contributed by atoms with Crippen LogP contribution >= 0.6 is 0 Å². The Labute approximate surface area is 124 Å². The number of rotatable bonds is 2. The molecule has 2 aromatic rings. The molecule has 112 valence electrons. The maximum absolute atomic E-state index is 6.72. The molecule has 0 saturated heterocycles. The predicted octanol–water partition coefficient (Wildman–Crippen LogP) is 2.96.